The molecule has 0 fully saturated rings. The molecule has 3 nitrogen and oxygen atoms in total. The number of rotatable bonds is 4. The SMILES string of the molecule is CCc1ccccc1-c1cc(-c2cccc(OC)c2)n[nH]1. The first-order valence-electron chi connectivity index (χ1n) is 7.10. The van der Waals surface area contributed by atoms with Gasteiger partial charge in [0.05, 0.1) is 18.5 Å². The number of aromatic amines is 1. The lowest BCUT2D eigenvalue weighted by atomic mass is 10.0. The highest BCUT2D eigenvalue weighted by molar-refractivity contribution is 5.70. The van der Waals surface area contributed by atoms with Crippen molar-refractivity contribution in [2.75, 3.05) is 7.11 Å². The fourth-order valence-electron chi connectivity index (χ4n) is 2.48. The molecule has 0 atom stereocenters. The average Bonchev–Trinajstić information content (AvgIpc) is 3.04. The number of aryl methyl sites for hydroxylation is 1. The lowest BCUT2D eigenvalue weighted by Crippen LogP contribution is -1.86. The topological polar surface area (TPSA) is 37.9 Å². The van der Waals surface area contributed by atoms with E-state index >= 15 is 0 Å². The average molecular weight is 278 g/mol. The van der Waals surface area contributed by atoms with Crippen LogP contribution in [-0.2, 0) is 6.42 Å². The summed E-state index contributed by atoms with van der Waals surface area (Å²) in [5.74, 6) is 0.839. The maximum absolute atomic E-state index is 5.27. The molecule has 1 heterocycles. The predicted octanol–water partition coefficient (Wildman–Crippen LogP) is 4.31. The van der Waals surface area contributed by atoms with Crippen LogP contribution in [0.1, 0.15) is 12.5 Å². The summed E-state index contributed by atoms with van der Waals surface area (Å²) in [4.78, 5) is 0. The third-order valence-electron chi connectivity index (χ3n) is 3.63. The van der Waals surface area contributed by atoms with Crippen molar-refractivity contribution in [1.82, 2.24) is 10.2 Å². The molecule has 0 amide bonds. The van der Waals surface area contributed by atoms with Gasteiger partial charge >= 0.3 is 0 Å². The number of nitrogens with zero attached hydrogens (tertiary/aromatic N) is 1. The number of aromatic nitrogens is 2. The lowest BCUT2D eigenvalue weighted by molar-refractivity contribution is 0.415. The fourth-order valence-corrected chi connectivity index (χ4v) is 2.48. The number of hydrogen-bond donors (Lipinski definition) is 1. The van der Waals surface area contributed by atoms with Gasteiger partial charge in [-0.25, -0.2) is 0 Å². The molecule has 1 aromatic heterocycles. The van der Waals surface area contributed by atoms with E-state index in [4.69, 9.17) is 4.74 Å². The lowest BCUT2D eigenvalue weighted by Gasteiger charge is -2.04. The third kappa shape index (κ3) is 2.68. The summed E-state index contributed by atoms with van der Waals surface area (Å²) in [7, 11) is 1.67. The highest BCUT2D eigenvalue weighted by Crippen LogP contribution is 2.28. The Labute approximate surface area is 124 Å². The molecule has 2 aromatic carbocycles. The smallest absolute Gasteiger partial charge is 0.119 e. The van der Waals surface area contributed by atoms with Gasteiger partial charge < -0.3 is 4.74 Å². The van der Waals surface area contributed by atoms with Crippen LogP contribution in [-0.4, -0.2) is 17.3 Å². The summed E-state index contributed by atoms with van der Waals surface area (Å²) < 4.78 is 5.27. The van der Waals surface area contributed by atoms with Gasteiger partial charge in [-0.15, -0.1) is 0 Å². The van der Waals surface area contributed by atoms with E-state index in [1.54, 1.807) is 7.11 Å². The molecule has 0 aliphatic heterocycles. The van der Waals surface area contributed by atoms with Gasteiger partial charge in [0.2, 0.25) is 0 Å². The molecule has 0 saturated carbocycles. The number of ether oxygens (including phenoxy) is 1. The summed E-state index contributed by atoms with van der Waals surface area (Å²) in [6, 6.07) is 18.4. The summed E-state index contributed by atoms with van der Waals surface area (Å²) in [5, 5.41) is 7.57. The van der Waals surface area contributed by atoms with Crippen LogP contribution in [0.3, 0.4) is 0 Å². The van der Waals surface area contributed by atoms with E-state index in [1.165, 1.54) is 11.1 Å². The van der Waals surface area contributed by atoms with Crippen LogP contribution in [0.2, 0.25) is 0 Å². The zero-order valence-electron chi connectivity index (χ0n) is 12.3. The van der Waals surface area contributed by atoms with Crippen molar-refractivity contribution in [3.63, 3.8) is 0 Å². The standard InChI is InChI=1S/C18H18N2O/c1-3-13-7-4-5-10-16(13)18-12-17(19-20-18)14-8-6-9-15(11-14)21-2/h4-12H,3H2,1-2H3,(H,19,20). The van der Waals surface area contributed by atoms with Gasteiger partial charge in [-0.2, -0.15) is 5.10 Å². The Hall–Kier alpha value is -2.55. The van der Waals surface area contributed by atoms with Crippen LogP contribution >= 0.6 is 0 Å². The molecule has 0 aliphatic rings. The van der Waals surface area contributed by atoms with Gasteiger partial charge in [0.25, 0.3) is 0 Å². The van der Waals surface area contributed by atoms with Crippen molar-refractivity contribution in [3.05, 3.63) is 60.2 Å². The molecule has 0 bridgehead atoms. The van der Waals surface area contributed by atoms with Crippen molar-refractivity contribution in [2.45, 2.75) is 13.3 Å². The first-order valence-corrected chi connectivity index (χ1v) is 7.10. The molecule has 3 rings (SSSR count). The van der Waals surface area contributed by atoms with Gasteiger partial charge in [0.1, 0.15) is 5.75 Å². The molecule has 1 N–H and O–H groups in total. The van der Waals surface area contributed by atoms with Crippen molar-refractivity contribution in [3.8, 4) is 28.3 Å². The molecular formula is C18H18N2O. The molecular weight excluding hydrogens is 260 g/mol. The molecule has 3 aromatic rings. The van der Waals surface area contributed by atoms with E-state index in [2.05, 4.69) is 47.5 Å². The van der Waals surface area contributed by atoms with E-state index in [0.29, 0.717) is 0 Å². The maximum Gasteiger partial charge on any atom is 0.119 e. The van der Waals surface area contributed by atoms with Gasteiger partial charge in [-0.05, 0) is 30.2 Å². The highest BCUT2D eigenvalue weighted by Gasteiger charge is 2.09. The van der Waals surface area contributed by atoms with E-state index in [9.17, 15) is 0 Å². The largest absolute Gasteiger partial charge is 0.497 e. The van der Waals surface area contributed by atoms with Crippen molar-refractivity contribution in [2.24, 2.45) is 0 Å². The van der Waals surface area contributed by atoms with Crippen LogP contribution in [0.5, 0.6) is 5.75 Å². The Bertz CT molecular complexity index is 746. The quantitative estimate of drug-likeness (QED) is 0.772. The minimum absolute atomic E-state index is 0.839. The summed E-state index contributed by atoms with van der Waals surface area (Å²) in [6.45, 7) is 2.16. The monoisotopic (exact) mass is 278 g/mol. The summed E-state index contributed by atoms with van der Waals surface area (Å²) in [5.41, 5.74) is 5.55. The van der Waals surface area contributed by atoms with Crippen LogP contribution < -0.4 is 4.74 Å². The zero-order chi connectivity index (χ0) is 14.7. The van der Waals surface area contributed by atoms with Gasteiger partial charge in [-0.1, -0.05) is 43.3 Å². The van der Waals surface area contributed by atoms with Gasteiger partial charge in [0.15, 0.2) is 0 Å². The first-order chi connectivity index (χ1) is 10.3. The molecule has 0 aliphatic carbocycles. The number of nitrogens with one attached hydrogen (secondary N) is 1. The van der Waals surface area contributed by atoms with Crippen molar-refractivity contribution >= 4 is 0 Å². The molecule has 0 unspecified atom stereocenters. The zero-order valence-corrected chi connectivity index (χ0v) is 12.3. The Morgan fingerprint density at radius 1 is 1.05 bits per heavy atom. The second-order valence-electron chi connectivity index (χ2n) is 4.91. The predicted molar refractivity (Wildman–Crippen MR) is 85.4 cm³/mol. The van der Waals surface area contributed by atoms with Gasteiger partial charge in [0, 0.05) is 11.1 Å². The van der Waals surface area contributed by atoms with Crippen molar-refractivity contribution in [1.29, 1.82) is 0 Å². The second-order valence-corrected chi connectivity index (χ2v) is 4.91. The number of hydrogen-bond acceptors (Lipinski definition) is 2. The maximum atomic E-state index is 5.27. The van der Waals surface area contributed by atoms with E-state index < -0.39 is 0 Å². The number of H-pyrrole nitrogens is 1. The van der Waals surface area contributed by atoms with Crippen LogP contribution in [0.4, 0.5) is 0 Å². The Morgan fingerprint density at radius 2 is 1.90 bits per heavy atom. The minimum Gasteiger partial charge on any atom is -0.497 e. The van der Waals surface area contributed by atoms with Gasteiger partial charge in [-0.3, -0.25) is 5.10 Å². The fraction of sp³-hybridized carbons (Fsp3) is 0.167. The van der Waals surface area contributed by atoms with E-state index in [-0.39, 0.29) is 0 Å². The molecule has 0 saturated heterocycles. The Balaban J connectivity index is 1.99. The van der Waals surface area contributed by atoms with Crippen LogP contribution in [0, 0.1) is 0 Å². The summed E-state index contributed by atoms with van der Waals surface area (Å²) in [6.07, 6.45) is 1.00. The molecule has 0 spiro atoms. The Morgan fingerprint density at radius 3 is 2.71 bits per heavy atom. The normalized spacial score (nSPS) is 10.6. The minimum atomic E-state index is 0.839. The number of methoxy groups -OCH3 is 1. The third-order valence-corrected chi connectivity index (χ3v) is 3.63. The second kappa shape index (κ2) is 5.83. The van der Waals surface area contributed by atoms with Crippen LogP contribution in [0.15, 0.2) is 54.6 Å². The van der Waals surface area contributed by atoms with E-state index in [0.717, 1.165) is 29.1 Å². The van der Waals surface area contributed by atoms with Crippen molar-refractivity contribution < 1.29 is 4.74 Å². The highest BCUT2D eigenvalue weighted by atomic mass is 16.5. The molecule has 21 heavy (non-hydrogen) atoms. The molecule has 0 radical (unpaired) electrons. The van der Waals surface area contributed by atoms with Crippen LogP contribution in [0.25, 0.3) is 22.5 Å². The Kier molecular flexibility index (Phi) is 3.73. The van der Waals surface area contributed by atoms with E-state index in [1.807, 2.05) is 24.3 Å². The summed E-state index contributed by atoms with van der Waals surface area (Å²) >= 11 is 0. The molecule has 3 heteroatoms. The first kappa shape index (κ1) is 13.4. The molecule has 106 valence electrons. The number of benzene rings is 2.